The molecule has 7 nitrogen and oxygen atoms in total. The number of aliphatic hydroxyl groups excluding tert-OH is 1. The maximum absolute atomic E-state index is 13.3. The third kappa shape index (κ3) is 6.24. The molecule has 206 valence electrons. The summed E-state index contributed by atoms with van der Waals surface area (Å²) in [6.07, 6.45) is 9.48. The number of carbonyl (C=O) groups excluding carboxylic acids is 1. The number of nitrogens with one attached hydrogen (secondary N) is 1. The SMILES string of the molecule is Cc1ccccc1-c1cc(COC(CCC2CCCCC2)c2cncs2)ccc1C(=O)N[C@]1(C(=O)O)CC1O. The highest BCUT2D eigenvalue weighted by Gasteiger charge is 2.61. The molecule has 2 aliphatic carbocycles. The third-order valence-corrected chi connectivity index (χ3v) is 9.06. The van der Waals surface area contributed by atoms with E-state index >= 15 is 0 Å². The number of carboxylic acid groups (broad SMARTS) is 1. The van der Waals surface area contributed by atoms with Crippen molar-refractivity contribution in [2.75, 3.05) is 0 Å². The molecule has 0 spiro atoms. The number of aromatic nitrogens is 1. The largest absolute Gasteiger partial charge is 0.479 e. The fraction of sp³-hybridized carbons (Fsp3) is 0.452. The van der Waals surface area contributed by atoms with Gasteiger partial charge in [-0.25, -0.2) is 4.79 Å². The van der Waals surface area contributed by atoms with Gasteiger partial charge in [-0.3, -0.25) is 9.78 Å². The summed E-state index contributed by atoms with van der Waals surface area (Å²) in [5, 5.41) is 22.1. The topological polar surface area (TPSA) is 109 Å². The van der Waals surface area contributed by atoms with Crippen molar-refractivity contribution in [2.24, 2.45) is 5.92 Å². The minimum atomic E-state index is -1.62. The zero-order valence-corrected chi connectivity index (χ0v) is 23.1. The van der Waals surface area contributed by atoms with Gasteiger partial charge in [-0.1, -0.05) is 62.4 Å². The maximum atomic E-state index is 13.3. The van der Waals surface area contributed by atoms with Gasteiger partial charge in [0.05, 0.1) is 29.2 Å². The van der Waals surface area contributed by atoms with Crippen molar-refractivity contribution in [1.29, 1.82) is 0 Å². The van der Waals surface area contributed by atoms with Crippen molar-refractivity contribution >= 4 is 23.2 Å². The number of aliphatic hydroxyl groups is 1. The van der Waals surface area contributed by atoms with Crippen molar-refractivity contribution in [3.8, 4) is 11.1 Å². The standard InChI is InChI=1S/C31H36N2O5S/c1-20-7-5-6-10-23(20)25-15-22(11-13-24(25)29(35)33-31(30(36)37)16-28(31)34)18-38-26(27-17-32-19-39-27)14-12-21-8-3-2-4-9-21/h5-7,10-11,13,15,17,19,21,26,28,34H,2-4,8-9,12,14,16,18H2,1H3,(H,33,35)(H,36,37)/t26?,28?,31-/m1/s1. The summed E-state index contributed by atoms with van der Waals surface area (Å²) in [6, 6.07) is 13.3. The Morgan fingerprint density at radius 3 is 2.59 bits per heavy atom. The first-order valence-electron chi connectivity index (χ1n) is 13.8. The number of nitrogens with zero attached hydrogens (tertiary/aromatic N) is 1. The molecule has 3 aromatic rings. The molecule has 8 heteroatoms. The Balaban J connectivity index is 1.37. The van der Waals surface area contributed by atoms with E-state index in [4.69, 9.17) is 4.74 Å². The van der Waals surface area contributed by atoms with Gasteiger partial charge >= 0.3 is 5.97 Å². The van der Waals surface area contributed by atoms with Crippen LogP contribution in [0.25, 0.3) is 11.1 Å². The molecule has 0 radical (unpaired) electrons. The van der Waals surface area contributed by atoms with E-state index in [2.05, 4.69) is 10.3 Å². The van der Waals surface area contributed by atoms with Crippen LogP contribution in [-0.4, -0.2) is 38.7 Å². The highest BCUT2D eigenvalue weighted by molar-refractivity contribution is 7.09. The van der Waals surface area contributed by atoms with Crippen LogP contribution >= 0.6 is 11.3 Å². The van der Waals surface area contributed by atoms with Gasteiger partial charge in [-0.15, -0.1) is 11.3 Å². The number of hydrogen-bond acceptors (Lipinski definition) is 6. The molecule has 1 aromatic heterocycles. The van der Waals surface area contributed by atoms with Crippen LogP contribution in [0, 0.1) is 12.8 Å². The first-order chi connectivity index (χ1) is 18.9. The smallest absolute Gasteiger partial charge is 0.332 e. The number of carboxylic acids is 1. The van der Waals surface area contributed by atoms with Crippen LogP contribution in [0.4, 0.5) is 0 Å². The van der Waals surface area contributed by atoms with Crippen LogP contribution in [0.5, 0.6) is 0 Å². The Bertz CT molecular complexity index is 1300. The molecule has 2 saturated carbocycles. The van der Waals surface area contributed by atoms with Crippen LogP contribution in [0.15, 0.2) is 54.2 Å². The number of thiazole rings is 1. The molecule has 1 heterocycles. The summed E-state index contributed by atoms with van der Waals surface area (Å²) in [5.41, 5.74) is 4.11. The zero-order valence-electron chi connectivity index (χ0n) is 22.3. The number of amides is 1. The average molecular weight is 549 g/mol. The second-order valence-electron chi connectivity index (χ2n) is 10.9. The quantitative estimate of drug-likeness (QED) is 0.269. The fourth-order valence-corrected chi connectivity index (χ4v) is 6.37. The van der Waals surface area contributed by atoms with Gasteiger partial charge in [0.2, 0.25) is 0 Å². The number of aryl methyl sites for hydroxylation is 1. The van der Waals surface area contributed by atoms with E-state index in [-0.39, 0.29) is 12.5 Å². The Morgan fingerprint density at radius 2 is 1.92 bits per heavy atom. The zero-order chi connectivity index (χ0) is 27.4. The number of aliphatic carboxylic acids is 1. The molecule has 39 heavy (non-hydrogen) atoms. The lowest BCUT2D eigenvalue weighted by atomic mass is 9.85. The van der Waals surface area contributed by atoms with Gasteiger partial charge in [0, 0.05) is 18.2 Å². The molecule has 0 aliphatic heterocycles. The molecule has 3 atom stereocenters. The summed E-state index contributed by atoms with van der Waals surface area (Å²) < 4.78 is 6.48. The number of hydrogen-bond donors (Lipinski definition) is 3. The summed E-state index contributed by atoms with van der Waals surface area (Å²) in [7, 11) is 0. The van der Waals surface area contributed by atoms with Crippen LogP contribution in [0.2, 0.25) is 0 Å². The van der Waals surface area contributed by atoms with Crippen molar-refractivity contribution in [3.63, 3.8) is 0 Å². The molecule has 2 aromatic carbocycles. The molecule has 2 unspecified atom stereocenters. The lowest BCUT2D eigenvalue weighted by molar-refractivity contribution is -0.141. The summed E-state index contributed by atoms with van der Waals surface area (Å²) in [4.78, 5) is 30.4. The summed E-state index contributed by atoms with van der Waals surface area (Å²) in [5.74, 6) is -0.981. The Morgan fingerprint density at radius 1 is 1.15 bits per heavy atom. The van der Waals surface area contributed by atoms with E-state index in [1.807, 2.05) is 55.0 Å². The normalized spacial score (nSPS) is 21.8. The molecule has 2 aliphatic rings. The van der Waals surface area contributed by atoms with E-state index in [9.17, 15) is 19.8 Å². The fourth-order valence-electron chi connectivity index (χ4n) is 5.66. The Kier molecular flexibility index (Phi) is 8.45. The van der Waals surface area contributed by atoms with E-state index in [0.717, 1.165) is 40.3 Å². The Hall–Kier alpha value is -3.07. The van der Waals surface area contributed by atoms with Gasteiger partial charge in [0.1, 0.15) is 0 Å². The summed E-state index contributed by atoms with van der Waals surface area (Å²) in [6.45, 7) is 2.36. The van der Waals surface area contributed by atoms with Gasteiger partial charge in [-0.05, 0) is 60.1 Å². The van der Waals surface area contributed by atoms with Crippen LogP contribution in [-0.2, 0) is 16.1 Å². The minimum absolute atomic E-state index is 0.000478. The minimum Gasteiger partial charge on any atom is -0.479 e. The molecule has 2 fully saturated rings. The molecular weight excluding hydrogens is 512 g/mol. The number of carbonyl (C=O) groups is 2. The highest BCUT2D eigenvalue weighted by atomic mass is 32.1. The lowest BCUT2D eigenvalue weighted by Crippen LogP contribution is -2.46. The summed E-state index contributed by atoms with van der Waals surface area (Å²) >= 11 is 1.62. The maximum Gasteiger partial charge on any atom is 0.332 e. The first-order valence-corrected chi connectivity index (χ1v) is 14.7. The van der Waals surface area contributed by atoms with Crippen LogP contribution in [0.3, 0.4) is 0 Å². The predicted octanol–water partition coefficient (Wildman–Crippen LogP) is 6.05. The van der Waals surface area contributed by atoms with E-state index in [1.54, 1.807) is 17.4 Å². The second kappa shape index (κ2) is 12.0. The molecule has 1 amide bonds. The van der Waals surface area contributed by atoms with E-state index in [0.29, 0.717) is 17.7 Å². The van der Waals surface area contributed by atoms with Gasteiger partial charge in [0.25, 0.3) is 5.91 Å². The lowest BCUT2D eigenvalue weighted by Gasteiger charge is -2.24. The van der Waals surface area contributed by atoms with Gasteiger partial charge < -0.3 is 20.3 Å². The van der Waals surface area contributed by atoms with Gasteiger partial charge in [-0.2, -0.15) is 0 Å². The monoisotopic (exact) mass is 548 g/mol. The average Bonchev–Trinajstić information content (AvgIpc) is 3.32. The predicted molar refractivity (Wildman–Crippen MR) is 151 cm³/mol. The number of rotatable bonds is 11. The molecule has 0 bridgehead atoms. The van der Waals surface area contributed by atoms with Crippen molar-refractivity contribution in [1.82, 2.24) is 10.3 Å². The number of ether oxygens (including phenoxy) is 1. The molecular formula is C31H36N2O5S. The third-order valence-electron chi connectivity index (χ3n) is 8.19. The van der Waals surface area contributed by atoms with E-state index < -0.39 is 23.5 Å². The Labute approximate surface area is 233 Å². The van der Waals surface area contributed by atoms with Gasteiger partial charge in [0.15, 0.2) is 5.54 Å². The second-order valence-corrected chi connectivity index (χ2v) is 11.8. The highest BCUT2D eigenvalue weighted by Crippen LogP contribution is 2.38. The van der Waals surface area contributed by atoms with Crippen LogP contribution in [0.1, 0.15) is 83.8 Å². The molecule has 0 saturated heterocycles. The van der Waals surface area contributed by atoms with Crippen molar-refractivity contribution < 1.29 is 24.5 Å². The molecule has 5 rings (SSSR count). The van der Waals surface area contributed by atoms with Crippen molar-refractivity contribution in [3.05, 3.63) is 75.7 Å². The van der Waals surface area contributed by atoms with E-state index in [1.165, 1.54) is 32.1 Å². The first kappa shape index (κ1) is 27.5. The number of benzene rings is 2. The van der Waals surface area contributed by atoms with Crippen molar-refractivity contribution in [2.45, 2.75) is 82.6 Å². The molecule has 3 N–H and O–H groups in total. The van der Waals surface area contributed by atoms with Crippen LogP contribution < -0.4 is 5.32 Å².